The largest absolute Gasteiger partial charge is 0.497 e. The first-order valence-electron chi connectivity index (χ1n) is 10.8. The van der Waals surface area contributed by atoms with E-state index >= 15 is 0 Å². The number of piperazine rings is 1. The number of rotatable bonds is 10. The number of carbonyl (C=O) groups is 1. The van der Waals surface area contributed by atoms with Crippen molar-refractivity contribution in [3.05, 3.63) is 42.5 Å². The lowest BCUT2D eigenvalue weighted by Crippen LogP contribution is -2.51. The minimum Gasteiger partial charge on any atom is -0.497 e. The number of hydrogen-bond acceptors (Lipinski definition) is 7. The van der Waals surface area contributed by atoms with Gasteiger partial charge in [-0.3, -0.25) is 4.79 Å². The van der Waals surface area contributed by atoms with Crippen LogP contribution in [0.25, 0.3) is 0 Å². The Morgan fingerprint density at radius 2 is 1.45 bits per heavy atom. The van der Waals surface area contributed by atoms with Gasteiger partial charge in [0.15, 0.2) is 18.1 Å². The second kappa shape index (κ2) is 11.2. The van der Waals surface area contributed by atoms with Crippen LogP contribution in [0.4, 0.5) is 0 Å². The predicted molar refractivity (Wildman–Crippen MR) is 123 cm³/mol. The lowest BCUT2D eigenvalue weighted by molar-refractivity contribution is -0.134. The third-order valence-electron chi connectivity index (χ3n) is 5.17. The molecule has 1 fully saturated rings. The molecule has 1 aliphatic rings. The lowest BCUT2D eigenvalue weighted by Gasteiger charge is -2.34. The molecule has 33 heavy (non-hydrogen) atoms. The van der Waals surface area contributed by atoms with E-state index in [9.17, 15) is 13.2 Å². The van der Waals surface area contributed by atoms with Gasteiger partial charge >= 0.3 is 0 Å². The molecule has 1 amide bonds. The van der Waals surface area contributed by atoms with E-state index in [1.807, 2.05) is 13.8 Å². The molecule has 0 spiro atoms. The quantitative estimate of drug-likeness (QED) is 0.518. The molecule has 0 bridgehead atoms. The van der Waals surface area contributed by atoms with Gasteiger partial charge in [-0.2, -0.15) is 4.31 Å². The van der Waals surface area contributed by atoms with Crippen molar-refractivity contribution in [1.82, 2.24) is 9.21 Å². The Morgan fingerprint density at radius 1 is 0.848 bits per heavy atom. The molecule has 1 heterocycles. The molecule has 1 aliphatic heterocycles. The SMILES string of the molecule is CCOc1ccc(S(=O)(=O)N2CCN(C(=O)COc3ccc(OC)cc3)CC2)cc1OCC. The minimum absolute atomic E-state index is 0.115. The highest BCUT2D eigenvalue weighted by Crippen LogP contribution is 2.31. The van der Waals surface area contributed by atoms with E-state index in [1.54, 1.807) is 42.3 Å². The fourth-order valence-corrected chi connectivity index (χ4v) is 4.87. The van der Waals surface area contributed by atoms with E-state index in [0.717, 1.165) is 0 Å². The molecule has 0 atom stereocenters. The molecule has 9 nitrogen and oxygen atoms in total. The summed E-state index contributed by atoms with van der Waals surface area (Å²) in [7, 11) is -2.15. The monoisotopic (exact) mass is 478 g/mol. The Morgan fingerprint density at radius 3 is 2.06 bits per heavy atom. The van der Waals surface area contributed by atoms with E-state index in [-0.39, 0.29) is 30.5 Å². The molecule has 0 aromatic heterocycles. The maximum Gasteiger partial charge on any atom is 0.260 e. The van der Waals surface area contributed by atoms with E-state index in [0.29, 0.717) is 49.3 Å². The fourth-order valence-electron chi connectivity index (χ4n) is 3.43. The zero-order chi connectivity index (χ0) is 23.8. The van der Waals surface area contributed by atoms with Crippen molar-refractivity contribution in [2.75, 3.05) is 53.1 Å². The van der Waals surface area contributed by atoms with E-state index in [2.05, 4.69) is 0 Å². The summed E-state index contributed by atoms with van der Waals surface area (Å²) in [4.78, 5) is 14.3. The molecule has 0 unspecified atom stereocenters. The van der Waals surface area contributed by atoms with Gasteiger partial charge in [-0.15, -0.1) is 0 Å². The Hall–Kier alpha value is -2.98. The fraction of sp³-hybridized carbons (Fsp3) is 0.435. The van der Waals surface area contributed by atoms with Crippen molar-refractivity contribution in [2.45, 2.75) is 18.7 Å². The summed E-state index contributed by atoms with van der Waals surface area (Å²) >= 11 is 0. The zero-order valence-corrected chi connectivity index (χ0v) is 20.0. The topological polar surface area (TPSA) is 94.6 Å². The van der Waals surface area contributed by atoms with Crippen LogP contribution in [-0.4, -0.2) is 76.6 Å². The van der Waals surface area contributed by atoms with Gasteiger partial charge in [-0.1, -0.05) is 0 Å². The third-order valence-corrected chi connectivity index (χ3v) is 7.06. The van der Waals surface area contributed by atoms with Gasteiger partial charge < -0.3 is 23.8 Å². The molecule has 0 aliphatic carbocycles. The molecule has 2 aromatic rings. The van der Waals surface area contributed by atoms with Crippen molar-refractivity contribution in [3.63, 3.8) is 0 Å². The Balaban J connectivity index is 1.58. The van der Waals surface area contributed by atoms with Crippen molar-refractivity contribution in [3.8, 4) is 23.0 Å². The first-order valence-corrected chi connectivity index (χ1v) is 12.3. The maximum absolute atomic E-state index is 13.1. The number of amides is 1. The molecule has 1 saturated heterocycles. The number of sulfonamides is 1. The maximum atomic E-state index is 13.1. The third kappa shape index (κ3) is 6.08. The van der Waals surface area contributed by atoms with Crippen molar-refractivity contribution in [1.29, 1.82) is 0 Å². The molecule has 2 aromatic carbocycles. The highest BCUT2D eigenvalue weighted by Gasteiger charge is 2.31. The first kappa shape index (κ1) is 24.7. The summed E-state index contributed by atoms with van der Waals surface area (Å²) in [6.45, 7) is 5.39. The van der Waals surface area contributed by atoms with Gasteiger partial charge in [0.1, 0.15) is 11.5 Å². The van der Waals surface area contributed by atoms with Gasteiger partial charge in [0, 0.05) is 32.2 Å². The summed E-state index contributed by atoms with van der Waals surface area (Å²) in [5.41, 5.74) is 0. The average molecular weight is 479 g/mol. The van der Waals surface area contributed by atoms with Gasteiger partial charge in [0.05, 0.1) is 25.2 Å². The first-order chi connectivity index (χ1) is 15.9. The summed E-state index contributed by atoms with van der Waals surface area (Å²) in [5.74, 6) is 1.97. The van der Waals surface area contributed by atoms with Crippen LogP contribution in [0.2, 0.25) is 0 Å². The molecule has 3 rings (SSSR count). The second-order valence-corrected chi connectivity index (χ2v) is 9.16. The average Bonchev–Trinajstić information content (AvgIpc) is 2.84. The molecule has 0 radical (unpaired) electrons. The molecule has 0 N–H and O–H groups in total. The zero-order valence-electron chi connectivity index (χ0n) is 19.2. The summed E-state index contributed by atoms with van der Waals surface area (Å²) in [6.07, 6.45) is 0. The highest BCUT2D eigenvalue weighted by atomic mass is 32.2. The molecule has 180 valence electrons. The van der Waals surface area contributed by atoms with Crippen LogP contribution in [0.5, 0.6) is 23.0 Å². The van der Waals surface area contributed by atoms with E-state index < -0.39 is 10.0 Å². The van der Waals surface area contributed by atoms with Gasteiger partial charge in [0.25, 0.3) is 5.91 Å². The van der Waals surface area contributed by atoms with Crippen LogP contribution in [0.1, 0.15) is 13.8 Å². The molecular formula is C23H30N2O7S. The Labute approximate surface area is 194 Å². The smallest absolute Gasteiger partial charge is 0.260 e. The summed E-state index contributed by atoms with van der Waals surface area (Å²) in [5, 5.41) is 0. The highest BCUT2D eigenvalue weighted by molar-refractivity contribution is 7.89. The second-order valence-electron chi connectivity index (χ2n) is 7.22. The minimum atomic E-state index is -3.73. The van der Waals surface area contributed by atoms with Crippen molar-refractivity contribution in [2.24, 2.45) is 0 Å². The van der Waals surface area contributed by atoms with Crippen LogP contribution in [0.3, 0.4) is 0 Å². The number of ether oxygens (including phenoxy) is 4. The normalized spacial score (nSPS) is 14.6. The van der Waals surface area contributed by atoms with E-state index in [4.69, 9.17) is 18.9 Å². The standard InChI is InChI=1S/C23H30N2O7S/c1-4-30-21-11-10-20(16-22(21)31-5-2)33(27,28)25-14-12-24(13-15-25)23(26)17-32-19-8-6-18(29-3)7-9-19/h6-11,16H,4-5,12-15,17H2,1-3H3. The van der Waals surface area contributed by atoms with Gasteiger partial charge in [0.2, 0.25) is 10.0 Å². The lowest BCUT2D eigenvalue weighted by atomic mass is 10.3. The summed E-state index contributed by atoms with van der Waals surface area (Å²) in [6, 6.07) is 11.6. The Kier molecular flexibility index (Phi) is 8.40. The van der Waals surface area contributed by atoms with Crippen LogP contribution in [0, 0.1) is 0 Å². The molecule has 10 heteroatoms. The molecular weight excluding hydrogens is 448 g/mol. The van der Waals surface area contributed by atoms with Gasteiger partial charge in [-0.05, 0) is 50.2 Å². The molecule has 0 saturated carbocycles. The van der Waals surface area contributed by atoms with Crippen LogP contribution >= 0.6 is 0 Å². The summed E-state index contributed by atoms with van der Waals surface area (Å²) < 4.78 is 49.4. The number of methoxy groups -OCH3 is 1. The van der Waals surface area contributed by atoms with Crippen LogP contribution in [0.15, 0.2) is 47.4 Å². The Bertz CT molecular complexity index is 1030. The van der Waals surface area contributed by atoms with Crippen LogP contribution in [-0.2, 0) is 14.8 Å². The van der Waals surface area contributed by atoms with Crippen LogP contribution < -0.4 is 18.9 Å². The predicted octanol–water partition coefficient (Wildman–Crippen LogP) is 2.40. The van der Waals surface area contributed by atoms with Crippen molar-refractivity contribution < 1.29 is 32.2 Å². The number of hydrogen-bond donors (Lipinski definition) is 0. The van der Waals surface area contributed by atoms with E-state index in [1.165, 1.54) is 16.4 Å². The number of carbonyl (C=O) groups excluding carboxylic acids is 1. The van der Waals surface area contributed by atoms with Gasteiger partial charge in [-0.25, -0.2) is 8.42 Å². The number of benzene rings is 2. The van der Waals surface area contributed by atoms with Crippen molar-refractivity contribution >= 4 is 15.9 Å². The number of nitrogens with zero attached hydrogens (tertiary/aromatic N) is 2.